The first kappa shape index (κ1) is 8.24. The fourth-order valence-corrected chi connectivity index (χ4v) is 5.34. The van der Waals surface area contributed by atoms with Gasteiger partial charge >= 0.3 is 8.56 Å². The standard InChI is InChI=1S/C7H16O2Si/c1-7(2)5-10(6-7,8-3)9-4/h5-6H2,1-4H3. The van der Waals surface area contributed by atoms with Crippen LogP contribution < -0.4 is 0 Å². The Labute approximate surface area is 63.8 Å². The van der Waals surface area contributed by atoms with Crippen molar-refractivity contribution in [3.8, 4) is 0 Å². The van der Waals surface area contributed by atoms with Crippen LogP contribution in [-0.2, 0) is 8.85 Å². The van der Waals surface area contributed by atoms with E-state index in [2.05, 4.69) is 13.8 Å². The topological polar surface area (TPSA) is 18.5 Å². The first-order valence-corrected chi connectivity index (χ1v) is 5.87. The van der Waals surface area contributed by atoms with Gasteiger partial charge in [0.15, 0.2) is 0 Å². The van der Waals surface area contributed by atoms with Crippen LogP contribution in [0.5, 0.6) is 0 Å². The van der Waals surface area contributed by atoms with Crippen LogP contribution in [0.25, 0.3) is 0 Å². The van der Waals surface area contributed by atoms with E-state index >= 15 is 0 Å². The molecule has 0 radical (unpaired) electrons. The number of hydrogen-bond acceptors (Lipinski definition) is 2. The largest absolute Gasteiger partial charge is 0.398 e. The van der Waals surface area contributed by atoms with Gasteiger partial charge in [-0.05, 0) is 17.5 Å². The van der Waals surface area contributed by atoms with Gasteiger partial charge < -0.3 is 8.85 Å². The maximum absolute atomic E-state index is 5.38. The molecule has 0 saturated carbocycles. The van der Waals surface area contributed by atoms with Gasteiger partial charge in [-0.2, -0.15) is 0 Å². The lowest BCUT2D eigenvalue weighted by Gasteiger charge is -2.47. The average Bonchev–Trinajstić information content (AvgIpc) is 1.82. The SMILES string of the molecule is CO[Si]1(OC)CC(C)(C)C1. The van der Waals surface area contributed by atoms with Crippen LogP contribution in [0.3, 0.4) is 0 Å². The minimum atomic E-state index is -1.63. The van der Waals surface area contributed by atoms with Crippen molar-refractivity contribution in [3.63, 3.8) is 0 Å². The van der Waals surface area contributed by atoms with E-state index in [1.807, 2.05) is 0 Å². The summed E-state index contributed by atoms with van der Waals surface area (Å²) in [5.41, 5.74) is 0.470. The molecule has 0 aromatic rings. The highest BCUT2D eigenvalue weighted by atomic mass is 28.4. The Bertz CT molecular complexity index is 120. The highest BCUT2D eigenvalue weighted by Gasteiger charge is 2.54. The summed E-state index contributed by atoms with van der Waals surface area (Å²) >= 11 is 0. The zero-order chi connectivity index (χ0) is 7.83. The van der Waals surface area contributed by atoms with Crippen LogP contribution in [0.4, 0.5) is 0 Å². The van der Waals surface area contributed by atoms with Gasteiger partial charge in [0, 0.05) is 14.2 Å². The Kier molecular flexibility index (Phi) is 1.91. The maximum Gasteiger partial charge on any atom is 0.338 e. The fraction of sp³-hybridized carbons (Fsp3) is 1.00. The molecule has 0 atom stereocenters. The van der Waals surface area contributed by atoms with Crippen molar-refractivity contribution < 1.29 is 8.85 Å². The molecule has 2 nitrogen and oxygen atoms in total. The Balaban J connectivity index is 2.46. The lowest BCUT2D eigenvalue weighted by atomic mass is 9.98. The van der Waals surface area contributed by atoms with Crippen LogP contribution in [0.2, 0.25) is 12.1 Å². The van der Waals surface area contributed by atoms with E-state index in [0.29, 0.717) is 5.41 Å². The lowest BCUT2D eigenvalue weighted by molar-refractivity contribution is 0.170. The van der Waals surface area contributed by atoms with Crippen molar-refractivity contribution in [2.24, 2.45) is 5.41 Å². The molecule has 1 heterocycles. The van der Waals surface area contributed by atoms with E-state index in [-0.39, 0.29) is 0 Å². The molecular formula is C7H16O2Si. The molecule has 1 fully saturated rings. The van der Waals surface area contributed by atoms with E-state index in [1.54, 1.807) is 14.2 Å². The molecule has 0 aliphatic carbocycles. The van der Waals surface area contributed by atoms with Crippen molar-refractivity contribution >= 4 is 8.56 Å². The van der Waals surface area contributed by atoms with Crippen molar-refractivity contribution in [2.45, 2.75) is 25.9 Å². The number of rotatable bonds is 2. The van der Waals surface area contributed by atoms with Gasteiger partial charge in [-0.15, -0.1) is 0 Å². The minimum Gasteiger partial charge on any atom is -0.398 e. The van der Waals surface area contributed by atoms with Crippen LogP contribution >= 0.6 is 0 Å². The van der Waals surface area contributed by atoms with Crippen LogP contribution in [0, 0.1) is 5.41 Å². The van der Waals surface area contributed by atoms with Gasteiger partial charge in [0.25, 0.3) is 0 Å². The highest BCUT2D eigenvalue weighted by Crippen LogP contribution is 2.48. The first-order chi connectivity index (χ1) is 4.54. The van der Waals surface area contributed by atoms with E-state index in [9.17, 15) is 0 Å². The van der Waals surface area contributed by atoms with Crippen molar-refractivity contribution in [1.29, 1.82) is 0 Å². The van der Waals surface area contributed by atoms with E-state index < -0.39 is 8.56 Å². The highest BCUT2D eigenvalue weighted by molar-refractivity contribution is 6.70. The predicted octanol–water partition coefficient (Wildman–Crippen LogP) is 1.76. The van der Waals surface area contributed by atoms with Gasteiger partial charge in [-0.1, -0.05) is 13.8 Å². The summed E-state index contributed by atoms with van der Waals surface area (Å²) in [7, 11) is 1.91. The van der Waals surface area contributed by atoms with Gasteiger partial charge in [-0.25, -0.2) is 0 Å². The molecule has 1 aliphatic rings. The second kappa shape index (κ2) is 2.32. The first-order valence-electron chi connectivity index (χ1n) is 3.64. The molecule has 0 unspecified atom stereocenters. The summed E-state index contributed by atoms with van der Waals surface area (Å²) in [6, 6.07) is 2.29. The summed E-state index contributed by atoms with van der Waals surface area (Å²) in [4.78, 5) is 0. The Morgan fingerprint density at radius 3 is 1.60 bits per heavy atom. The molecule has 0 bridgehead atoms. The van der Waals surface area contributed by atoms with E-state index in [0.717, 1.165) is 12.1 Å². The smallest absolute Gasteiger partial charge is 0.338 e. The second-order valence-electron chi connectivity index (χ2n) is 3.84. The Hall–Kier alpha value is 0.137. The maximum atomic E-state index is 5.38. The summed E-state index contributed by atoms with van der Waals surface area (Å²) in [5, 5.41) is 0. The van der Waals surface area contributed by atoms with Crippen molar-refractivity contribution in [2.75, 3.05) is 14.2 Å². The zero-order valence-electron chi connectivity index (χ0n) is 7.23. The van der Waals surface area contributed by atoms with Crippen LogP contribution in [-0.4, -0.2) is 22.8 Å². The molecule has 0 N–H and O–H groups in total. The summed E-state index contributed by atoms with van der Waals surface area (Å²) in [6.07, 6.45) is 0. The lowest BCUT2D eigenvalue weighted by Crippen LogP contribution is -2.55. The van der Waals surface area contributed by atoms with Gasteiger partial charge in [-0.3, -0.25) is 0 Å². The molecule has 1 saturated heterocycles. The average molecular weight is 160 g/mol. The molecule has 10 heavy (non-hydrogen) atoms. The monoisotopic (exact) mass is 160 g/mol. The predicted molar refractivity (Wildman–Crippen MR) is 43.2 cm³/mol. The fourth-order valence-electron chi connectivity index (χ4n) is 1.78. The molecule has 0 amide bonds. The van der Waals surface area contributed by atoms with Crippen LogP contribution in [0.1, 0.15) is 13.8 Å². The number of hydrogen-bond donors (Lipinski definition) is 0. The van der Waals surface area contributed by atoms with Crippen molar-refractivity contribution in [1.82, 2.24) is 0 Å². The quantitative estimate of drug-likeness (QED) is 0.573. The Morgan fingerprint density at radius 2 is 1.50 bits per heavy atom. The van der Waals surface area contributed by atoms with Gasteiger partial charge in [0.1, 0.15) is 0 Å². The van der Waals surface area contributed by atoms with Gasteiger partial charge in [0.2, 0.25) is 0 Å². The minimum absolute atomic E-state index is 0.470. The Morgan fingerprint density at radius 1 is 1.10 bits per heavy atom. The summed E-state index contributed by atoms with van der Waals surface area (Å²) in [5.74, 6) is 0. The molecule has 1 rings (SSSR count). The van der Waals surface area contributed by atoms with Crippen molar-refractivity contribution in [3.05, 3.63) is 0 Å². The van der Waals surface area contributed by atoms with Gasteiger partial charge in [0.05, 0.1) is 0 Å². The van der Waals surface area contributed by atoms with E-state index in [4.69, 9.17) is 8.85 Å². The zero-order valence-corrected chi connectivity index (χ0v) is 8.23. The molecule has 0 spiro atoms. The second-order valence-corrected chi connectivity index (χ2v) is 7.18. The third kappa shape index (κ3) is 1.26. The normalized spacial score (nSPS) is 27.6. The van der Waals surface area contributed by atoms with E-state index in [1.165, 1.54) is 0 Å². The van der Waals surface area contributed by atoms with Crippen LogP contribution in [0.15, 0.2) is 0 Å². The summed E-state index contributed by atoms with van der Waals surface area (Å²) in [6.45, 7) is 4.52. The summed E-state index contributed by atoms with van der Waals surface area (Å²) < 4.78 is 10.8. The third-order valence-corrected chi connectivity index (χ3v) is 6.72. The molecule has 0 aromatic carbocycles. The molecule has 1 aliphatic heterocycles. The third-order valence-electron chi connectivity index (χ3n) is 2.24. The molecule has 3 heteroatoms. The molecular weight excluding hydrogens is 144 g/mol. The molecule has 0 aromatic heterocycles. The molecule has 60 valence electrons.